The van der Waals surface area contributed by atoms with Gasteiger partial charge in [0.25, 0.3) is 0 Å². The van der Waals surface area contributed by atoms with E-state index in [1.807, 2.05) is 12.4 Å². The van der Waals surface area contributed by atoms with Crippen LogP contribution in [0.1, 0.15) is 11.1 Å². The van der Waals surface area contributed by atoms with E-state index in [0.717, 1.165) is 6.42 Å². The Balaban J connectivity index is 0.000001000. The number of benzene rings is 2. The van der Waals surface area contributed by atoms with Gasteiger partial charge in [-0.1, -0.05) is 36.4 Å². The summed E-state index contributed by atoms with van der Waals surface area (Å²) in [5.74, 6) is 0. The summed E-state index contributed by atoms with van der Waals surface area (Å²) < 4.78 is 0. The standard InChI is InChI=1S/C16H11N.Pb.2H/c1-2-4-13-12(3-1)9-15-14(13)6-5-11-7-8-17-10-16(11)15;;;/h1-8,10H,9H2;;;. The minimum Gasteiger partial charge on any atom is -0.264 e. The third-order valence-electron chi connectivity index (χ3n) is 3.61. The van der Waals surface area contributed by atoms with Crippen molar-refractivity contribution >= 4 is 38.1 Å². The molecule has 1 aromatic heterocycles. The molecule has 1 aliphatic rings. The van der Waals surface area contributed by atoms with Crippen molar-refractivity contribution in [2.45, 2.75) is 6.42 Å². The van der Waals surface area contributed by atoms with Gasteiger partial charge in [-0.05, 0) is 40.1 Å². The van der Waals surface area contributed by atoms with Gasteiger partial charge in [-0.25, -0.2) is 0 Å². The fourth-order valence-electron chi connectivity index (χ4n) is 2.79. The van der Waals surface area contributed by atoms with Crippen molar-refractivity contribution in [3.63, 3.8) is 0 Å². The van der Waals surface area contributed by atoms with Crippen LogP contribution in [0.4, 0.5) is 0 Å². The normalized spacial score (nSPS) is 11.8. The van der Waals surface area contributed by atoms with Crippen molar-refractivity contribution in [2.75, 3.05) is 0 Å². The van der Waals surface area contributed by atoms with Crippen molar-refractivity contribution in [1.82, 2.24) is 4.98 Å². The average molecular weight is 426 g/mol. The van der Waals surface area contributed by atoms with Gasteiger partial charge in [0.05, 0.1) is 0 Å². The Kier molecular flexibility index (Phi) is 2.94. The molecule has 2 radical (unpaired) electrons. The molecule has 18 heavy (non-hydrogen) atoms. The zero-order chi connectivity index (χ0) is 11.2. The second-order valence-corrected chi connectivity index (χ2v) is 4.52. The van der Waals surface area contributed by atoms with Crippen LogP contribution in [0.5, 0.6) is 0 Å². The predicted molar refractivity (Wildman–Crippen MR) is 78.5 cm³/mol. The Morgan fingerprint density at radius 2 is 1.78 bits per heavy atom. The molecule has 0 fully saturated rings. The van der Waals surface area contributed by atoms with Gasteiger partial charge in [0.15, 0.2) is 0 Å². The summed E-state index contributed by atoms with van der Waals surface area (Å²) >= 11 is 0. The summed E-state index contributed by atoms with van der Waals surface area (Å²) in [7, 11) is 0. The molecule has 3 aromatic rings. The number of pyridine rings is 1. The van der Waals surface area contributed by atoms with Crippen molar-refractivity contribution in [3.05, 3.63) is 66.0 Å². The van der Waals surface area contributed by atoms with E-state index in [4.69, 9.17) is 0 Å². The van der Waals surface area contributed by atoms with E-state index in [0.29, 0.717) is 0 Å². The van der Waals surface area contributed by atoms with Gasteiger partial charge < -0.3 is 0 Å². The first-order chi connectivity index (χ1) is 8.43. The fraction of sp³-hybridized carbons (Fsp3) is 0.0625. The molecule has 0 N–H and O–H groups in total. The smallest absolute Gasteiger partial charge is 0.0349 e. The SMILES string of the molecule is [PbH2].c1ccc2c(c1)Cc1c-2ccc2ccncc12. The first kappa shape index (κ1) is 11.8. The van der Waals surface area contributed by atoms with Crippen molar-refractivity contribution in [1.29, 1.82) is 0 Å². The molecule has 0 amide bonds. The quantitative estimate of drug-likeness (QED) is 0.394. The van der Waals surface area contributed by atoms with Gasteiger partial charge in [-0.2, -0.15) is 0 Å². The summed E-state index contributed by atoms with van der Waals surface area (Å²) in [5, 5.41) is 2.58. The summed E-state index contributed by atoms with van der Waals surface area (Å²) in [5.41, 5.74) is 5.62. The molecule has 0 aliphatic heterocycles. The van der Waals surface area contributed by atoms with Gasteiger partial charge in [0.2, 0.25) is 0 Å². The van der Waals surface area contributed by atoms with Crippen LogP contribution >= 0.6 is 0 Å². The van der Waals surface area contributed by atoms with E-state index in [-0.39, 0.29) is 27.3 Å². The molecule has 86 valence electrons. The zero-order valence-electron chi connectivity index (χ0n) is 10.1. The maximum Gasteiger partial charge on any atom is 0.0349 e. The first-order valence-corrected chi connectivity index (χ1v) is 5.87. The number of fused-ring (bicyclic) bond motifs is 5. The average Bonchev–Trinajstić information content (AvgIpc) is 2.78. The van der Waals surface area contributed by atoms with E-state index in [1.54, 1.807) is 0 Å². The second-order valence-electron chi connectivity index (χ2n) is 4.52. The van der Waals surface area contributed by atoms with E-state index in [2.05, 4.69) is 47.4 Å². The molecular formula is C16H13NPb. The molecule has 2 aromatic carbocycles. The molecule has 0 saturated carbocycles. The second kappa shape index (κ2) is 4.46. The molecule has 1 heterocycles. The Morgan fingerprint density at radius 1 is 0.889 bits per heavy atom. The van der Waals surface area contributed by atoms with Crippen molar-refractivity contribution in [3.8, 4) is 11.1 Å². The molecule has 0 unspecified atom stereocenters. The van der Waals surface area contributed by atoms with Crippen molar-refractivity contribution in [2.24, 2.45) is 0 Å². The number of hydrogen-bond acceptors (Lipinski definition) is 1. The zero-order valence-corrected chi connectivity index (χ0v) is 15.6. The molecule has 0 spiro atoms. The number of aromatic nitrogens is 1. The summed E-state index contributed by atoms with van der Waals surface area (Å²) in [6.07, 6.45) is 4.88. The largest absolute Gasteiger partial charge is 0.264 e. The Labute approximate surface area is 126 Å². The van der Waals surface area contributed by atoms with Crippen molar-refractivity contribution < 1.29 is 0 Å². The van der Waals surface area contributed by atoms with Crippen LogP contribution < -0.4 is 0 Å². The molecule has 1 nitrogen and oxygen atoms in total. The molecule has 0 saturated heterocycles. The molecular weight excluding hydrogens is 413 g/mol. The van der Waals surface area contributed by atoms with Gasteiger partial charge in [0, 0.05) is 17.8 Å². The van der Waals surface area contributed by atoms with Gasteiger partial charge in [-0.15, -0.1) is 0 Å². The summed E-state index contributed by atoms with van der Waals surface area (Å²) in [6, 6.07) is 15.2. The van der Waals surface area contributed by atoms with E-state index >= 15 is 0 Å². The van der Waals surface area contributed by atoms with Crippen LogP contribution in [0.25, 0.3) is 21.9 Å². The van der Waals surface area contributed by atoms with Gasteiger partial charge in [-0.3, -0.25) is 4.98 Å². The van der Waals surface area contributed by atoms with E-state index in [1.165, 1.54) is 33.0 Å². The predicted octanol–water partition coefficient (Wildman–Crippen LogP) is 2.89. The van der Waals surface area contributed by atoms with Gasteiger partial charge in [0.1, 0.15) is 0 Å². The third kappa shape index (κ3) is 1.61. The Morgan fingerprint density at radius 3 is 2.72 bits per heavy atom. The Bertz CT molecular complexity index is 734. The van der Waals surface area contributed by atoms with E-state index < -0.39 is 0 Å². The number of rotatable bonds is 0. The van der Waals surface area contributed by atoms with Gasteiger partial charge >= 0.3 is 27.3 Å². The molecule has 1 aliphatic carbocycles. The topological polar surface area (TPSA) is 12.9 Å². The van der Waals surface area contributed by atoms with Crippen LogP contribution in [0, 0.1) is 0 Å². The first-order valence-electron chi connectivity index (χ1n) is 5.87. The molecule has 2 heteroatoms. The van der Waals surface area contributed by atoms with Crippen LogP contribution in [0.2, 0.25) is 0 Å². The summed E-state index contributed by atoms with van der Waals surface area (Å²) in [6.45, 7) is 0. The minimum absolute atomic E-state index is 0. The molecule has 0 atom stereocenters. The van der Waals surface area contributed by atoms with Crippen LogP contribution in [0.15, 0.2) is 54.9 Å². The maximum atomic E-state index is 4.25. The monoisotopic (exact) mass is 427 g/mol. The molecule has 4 rings (SSSR count). The number of nitrogens with zero attached hydrogens (tertiary/aromatic N) is 1. The Hall–Kier alpha value is -1.23. The summed E-state index contributed by atoms with van der Waals surface area (Å²) in [4.78, 5) is 4.25. The maximum absolute atomic E-state index is 4.25. The minimum atomic E-state index is 0. The van der Waals surface area contributed by atoms with Crippen LogP contribution in [-0.4, -0.2) is 32.3 Å². The third-order valence-corrected chi connectivity index (χ3v) is 3.61. The number of hydrogen-bond donors (Lipinski definition) is 0. The fourth-order valence-corrected chi connectivity index (χ4v) is 2.79. The van der Waals surface area contributed by atoms with E-state index in [9.17, 15) is 0 Å². The molecule has 0 bridgehead atoms. The van der Waals surface area contributed by atoms with Crippen LogP contribution in [0.3, 0.4) is 0 Å². The van der Waals surface area contributed by atoms with Crippen LogP contribution in [-0.2, 0) is 6.42 Å².